The van der Waals surface area contributed by atoms with Gasteiger partial charge >= 0.3 is 0 Å². The summed E-state index contributed by atoms with van der Waals surface area (Å²) in [6.45, 7) is 0. The zero-order valence-corrected chi connectivity index (χ0v) is 38.2. The van der Waals surface area contributed by atoms with Gasteiger partial charge in [0, 0.05) is 77.7 Å². The third kappa shape index (κ3) is 6.41. The standard InChI is InChI=1S/C48H30N2S.C12H7BrS/c1-2-10-31(11-3-1)32-18-22-35(23-19-32)49-43-15-7-4-12-37(43)40-28-33(20-25-45(40)49)34-21-26-46-41(29-34)38-13-5-8-16-44(38)50(46)36-24-27-48-42(30-36)39-14-6-9-17-47(39)51-48;13-8-5-6-12-10(7-8)9-3-1-2-4-11(9)14-12/h1-30H;1-7H. The maximum absolute atomic E-state index is 3.51. The highest BCUT2D eigenvalue weighted by molar-refractivity contribution is 9.10. The first-order valence-corrected chi connectivity index (χ1v) is 24.3. The molecule has 0 spiro atoms. The minimum atomic E-state index is 1.15. The lowest BCUT2D eigenvalue weighted by Crippen LogP contribution is -1.94. The van der Waals surface area contributed by atoms with E-state index >= 15 is 0 Å². The summed E-state index contributed by atoms with van der Waals surface area (Å²) in [5, 5.41) is 10.4. The van der Waals surface area contributed by atoms with Crippen molar-refractivity contribution in [1.29, 1.82) is 0 Å². The Morgan fingerprint density at radius 3 is 1.28 bits per heavy atom. The molecule has 0 aliphatic rings. The van der Waals surface area contributed by atoms with Crippen LogP contribution in [0.5, 0.6) is 0 Å². The summed E-state index contributed by atoms with van der Waals surface area (Å²) in [7, 11) is 0. The Kier molecular flexibility index (Phi) is 9.09. The number of hydrogen-bond donors (Lipinski definition) is 0. The molecule has 0 fully saturated rings. The Morgan fingerprint density at radius 2 is 0.677 bits per heavy atom. The van der Waals surface area contributed by atoms with E-state index in [-0.39, 0.29) is 0 Å². The van der Waals surface area contributed by atoms with E-state index < -0.39 is 0 Å². The minimum Gasteiger partial charge on any atom is -0.309 e. The molecule has 0 saturated carbocycles. The van der Waals surface area contributed by atoms with Gasteiger partial charge < -0.3 is 9.13 Å². The molecule has 4 aromatic heterocycles. The third-order valence-electron chi connectivity index (χ3n) is 12.9. The fourth-order valence-electron chi connectivity index (χ4n) is 9.85. The molecule has 0 N–H and O–H groups in total. The van der Waals surface area contributed by atoms with Crippen molar-refractivity contribution in [2.45, 2.75) is 0 Å². The number of fused-ring (bicyclic) bond motifs is 12. The van der Waals surface area contributed by atoms with Crippen LogP contribution in [-0.4, -0.2) is 9.13 Å². The van der Waals surface area contributed by atoms with Gasteiger partial charge in [0.1, 0.15) is 0 Å². The molecule has 0 radical (unpaired) electrons. The van der Waals surface area contributed by atoms with Crippen molar-refractivity contribution in [3.63, 3.8) is 0 Å². The monoisotopic (exact) mass is 928 g/mol. The summed E-state index contributed by atoms with van der Waals surface area (Å²) in [5.74, 6) is 0. The predicted molar refractivity (Wildman–Crippen MR) is 286 cm³/mol. The van der Waals surface area contributed by atoms with Crippen LogP contribution in [0.15, 0.2) is 229 Å². The molecule has 0 bridgehead atoms. The van der Waals surface area contributed by atoms with Gasteiger partial charge in [0.15, 0.2) is 0 Å². The second-order valence-electron chi connectivity index (χ2n) is 16.6. The molecule has 14 rings (SSSR count). The van der Waals surface area contributed by atoms with Gasteiger partial charge in [-0.2, -0.15) is 0 Å². The van der Waals surface area contributed by atoms with Crippen molar-refractivity contribution in [3.05, 3.63) is 229 Å². The van der Waals surface area contributed by atoms with E-state index in [2.05, 4.69) is 250 Å². The molecule has 5 heteroatoms. The topological polar surface area (TPSA) is 9.86 Å². The second-order valence-corrected chi connectivity index (χ2v) is 19.7. The van der Waals surface area contributed by atoms with Crippen molar-refractivity contribution < 1.29 is 0 Å². The highest BCUT2D eigenvalue weighted by atomic mass is 79.9. The molecule has 0 unspecified atom stereocenters. The maximum atomic E-state index is 3.51. The third-order valence-corrected chi connectivity index (χ3v) is 15.7. The first-order valence-electron chi connectivity index (χ1n) is 21.8. The number of hydrogen-bond acceptors (Lipinski definition) is 2. The first-order chi connectivity index (χ1) is 32.1. The molecule has 0 aliphatic carbocycles. The number of halogens is 1. The molecule has 0 saturated heterocycles. The van der Waals surface area contributed by atoms with Gasteiger partial charge in [0.05, 0.1) is 22.1 Å². The molecule has 2 nitrogen and oxygen atoms in total. The summed E-state index contributed by atoms with van der Waals surface area (Å²) >= 11 is 7.22. The number of para-hydroxylation sites is 2. The molecule has 14 aromatic rings. The van der Waals surface area contributed by atoms with Crippen LogP contribution in [0, 0.1) is 0 Å². The molecular weight excluding hydrogens is 893 g/mol. The van der Waals surface area contributed by atoms with Gasteiger partial charge in [-0.15, -0.1) is 22.7 Å². The van der Waals surface area contributed by atoms with Crippen LogP contribution < -0.4 is 0 Å². The summed E-state index contributed by atoms with van der Waals surface area (Å²) in [6.07, 6.45) is 0. The average Bonchev–Trinajstić information content (AvgIpc) is 4.11. The van der Waals surface area contributed by atoms with Crippen molar-refractivity contribution in [2.24, 2.45) is 0 Å². The quantitative estimate of drug-likeness (QED) is 0.166. The Hall–Kier alpha value is -7.28. The van der Waals surface area contributed by atoms with E-state index in [9.17, 15) is 0 Å². The molecular formula is C60H37BrN2S2. The van der Waals surface area contributed by atoms with Crippen LogP contribution >= 0.6 is 38.6 Å². The van der Waals surface area contributed by atoms with E-state index in [0.717, 1.165) is 10.2 Å². The zero-order chi connectivity index (χ0) is 43.0. The lowest BCUT2D eigenvalue weighted by molar-refractivity contribution is 1.18. The lowest BCUT2D eigenvalue weighted by atomic mass is 10.0. The van der Waals surface area contributed by atoms with E-state index in [4.69, 9.17) is 0 Å². The maximum Gasteiger partial charge on any atom is 0.0541 e. The van der Waals surface area contributed by atoms with Crippen molar-refractivity contribution >= 4 is 123 Å². The lowest BCUT2D eigenvalue weighted by Gasteiger charge is -2.10. The molecule has 306 valence electrons. The van der Waals surface area contributed by atoms with E-state index in [1.165, 1.54) is 112 Å². The Morgan fingerprint density at radius 1 is 0.262 bits per heavy atom. The fraction of sp³-hybridized carbons (Fsp3) is 0. The normalized spacial score (nSPS) is 11.8. The number of nitrogens with zero attached hydrogens (tertiary/aromatic N) is 2. The highest BCUT2D eigenvalue weighted by Crippen LogP contribution is 2.41. The molecule has 10 aromatic carbocycles. The summed E-state index contributed by atoms with van der Waals surface area (Å²) < 4.78 is 11.3. The number of rotatable bonds is 4. The van der Waals surface area contributed by atoms with Crippen molar-refractivity contribution in [3.8, 4) is 33.6 Å². The number of thiophene rings is 2. The second kappa shape index (κ2) is 15.5. The van der Waals surface area contributed by atoms with Gasteiger partial charge in [0.25, 0.3) is 0 Å². The van der Waals surface area contributed by atoms with Crippen LogP contribution in [0.3, 0.4) is 0 Å². The zero-order valence-electron chi connectivity index (χ0n) is 35.0. The van der Waals surface area contributed by atoms with Gasteiger partial charge in [-0.1, -0.05) is 143 Å². The smallest absolute Gasteiger partial charge is 0.0541 e. The summed E-state index contributed by atoms with van der Waals surface area (Å²) in [5.41, 5.74) is 12.1. The van der Waals surface area contributed by atoms with Crippen molar-refractivity contribution in [2.75, 3.05) is 0 Å². The molecule has 65 heavy (non-hydrogen) atoms. The number of aromatic nitrogens is 2. The van der Waals surface area contributed by atoms with Gasteiger partial charge in [-0.25, -0.2) is 0 Å². The highest BCUT2D eigenvalue weighted by Gasteiger charge is 2.17. The van der Waals surface area contributed by atoms with Crippen LogP contribution in [0.2, 0.25) is 0 Å². The van der Waals surface area contributed by atoms with Gasteiger partial charge in [0.2, 0.25) is 0 Å². The van der Waals surface area contributed by atoms with E-state index in [1.54, 1.807) is 0 Å². The van der Waals surface area contributed by atoms with Crippen LogP contribution in [0.4, 0.5) is 0 Å². The Labute approximate surface area is 391 Å². The van der Waals surface area contributed by atoms with Crippen LogP contribution in [0.25, 0.3) is 118 Å². The largest absolute Gasteiger partial charge is 0.309 e. The Balaban J connectivity index is 0.000000257. The minimum absolute atomic E-state index is 1.15. The van der Waals surface area contributed by atoms with Crippen molar-refractivity contribution in [1.82, 2.24) is 9.13 Å². The fourth-order valence-corrected chi connectivity index (χ4v) is 12.4. The van der Waals surface area contributed by atoms with Crippen LogP contribution in [-0.2, 0) is 0 Å². The van der Waals surface area contributed by atoms with E-state index in [0.29, 0.717) is 0 Å². The molecule has 4 heterocycles. The van der Waals surface area contributed by atoms with E-state index in [1.807, 2.05) is 22.7 Å². The molecule has 0 aliphatic heterocycles. The average molecular weight is 930 g/mol. The molecule has 0 amide bonds. The van der Waals surface area contributed by atoms with Gasteiger partial charge in [-0.3, -0.25) is 0 Å². The van der Waals surface area contributed by atoms with Gasteiger partial charge in [-0.05, 0) is 119 Å². The SMILES string of the molecule is Brc1ccc2sc3ccccc3c2c1.c1ccc(-c2ccc(-n3c4ccccc4c4cc(-c5ccc6c(c5)c5ccccc5n6-c5ccc6sc7ccccc7c6c5)ccc43)cc2)cc1. The Bertz CT molecular complexity index is 4130. The predicted octanol–water partition coefficient (Wildman–Crippen LogP) is 18.4. The summed E-state index contributed by atoms with van der Waals surface area (Å²) in [6, 6.07) is 81.7. The number of benzene rings is 10. The summed E-state index contributed by atoms with van der Waals surface area (Å²) in [4.78, 5) is 0. The first kappa shape index (κ1) is 38.2. The molecule has 0 atom stereocenters. The van der Waals surface area contributed by atoms with Crippen LogP contribution in [0.1, 0.15) is 0 Å².